The number of amides is 1. The van der Waals surface area contributed by atoms with Crippen molar-refractivity contribution in [3.05, 3.63) is 100 Å². The summed E-state index contributed by atoms with van der Waals surface area (Å²) in [5, 5.41) is 3.72. The van der Waals surface area contributed by atoms with Gasteiger partial charge < -0.3 is 5.32 Å². The first-order valence-corrected chi connectivity index (χ1v) is 11.6. The van der Waals surface area contributed by atoms with Gasteiger partial charge in [0.15, 0.2) is 0 Å². The van der Waals surface area contributed by atoms with Crippen LogP contribution < -0.4 is 5.32 Å². The topological polar surface area (TPSA) is 35.6 Å². The van der Waals surface area contributed by atoms with Crippen LogP contribution in [0.25, 0.3) is 0 Å². The van der Waals surface area contributed by atoms with Crippen molar-refractivity contribution < 1.29 is 4.79 Å². The highest BCUT2D eigenvalue weighted by Gasteiger charge is 2.30. The molecular weight excluding hydrogens is 441 g/mol. The molecule has 0 aromatic heterocycles. The molecule has 1 unspecified atom stereocenters. The second kappa shape index (κ2) is 10.5. The lowest BCUT2D eigenvalue weighted by molar-refractivity contribution is -0.121. The van der Waals surface area contributed by atoms with Gasteiger partial charge in [-0.05, 0) is 30.2 Å². The van der Waals surface area contributed by atoms with E-state index >= 15 is 0 Å². The summed E-state index contributed by atoms with van der Waals surface area (Å²) in [4.78, 5) is 17.6. The van der Waals surface area contributed by atoms with Gasteiger partial charge in [-0.15, -0.1) is 0 Å². The highest BCUT2D eigenvalue weighted by molar-refractivity contribution is 6.44. The van der Waals surface area contributed by atoms with Crippen LogP contribution >= 0.6 is 23.2 Å². The van der Waals surface area contributed by atoms with Gasteiger partial charge >= 0.3 is 0 Å². The summed E-state index contributed by atoms with van der Waals surface area (Å²) in [6.07, 6.45) is 0. The minimum absolute atomic E-state index is 0.0784. The molecule has 1 amide bonds. The fourth-order valence-corrected chi connectivity index (χ4v) is 4.62. The zero-order valence-electron chi connectivity index (χ0n) is 18.0. The normalized spacial score (nSPS) is 16.1. The van der Waals surface area contributed by atoms with E-state index in [9.17, 15) is 4.79 Å². The van der Waals surface area contributed by atoms with Crippen molar-refractivity contribution in [2.24, 2.45) is 0 Å². The first-order valence-electron chi connectivity index (χ1n) is 10.9. The van der Waals surface area contributed by atoms with E-state index in [0.29, 0.717) is 15.7 Å². The lowest BCUT2D eigenvalue weighted by Crippen LogP contribution is -2.53. The molecule has 6 heteroatoms. The Morgan fingerprint density at radius 1 is 0.781 bits per heavy atom. The first-order chi connectivity index (χ1) is 15.5. The fourth-order valence-electron chi connectivity index (χ4n) is 4.27. The molecular formula is C26H27Cl2N3O. The third-order valence-corrected chi connectivity index (χ3v) is 6.90. The number of anilines is 1. The average molecular weight is 468 g/mol. The third-order valence-electron chi connectivity index (χ3n) is 6.08. The predicted octanol–water partition coefficient (Wildman–Crippen LogP) is 5.73. The summed E-state index contributed by atoms with van der Waals surface area (Å²) >= 11 is 12.3. The molecule has 1 atom stereocenters. The molecule has 32 heavy (non-hydrogen) atoms. The van der Waals surface area contributed by atoms with Gasteiger partial charge in [0.25, 0.3) is 0 Å². The van der Waals surface area contributed by atoms with Crippen molar-refractivity contribution in [2.45, 2.75) is 19.0 Å². The number of carbonyl (C=O) groups is 1. The Bertz CT molecular complexity index is 998. The van der Waals surface area contributed by atoms with Crippen LogP contribution in [0.5, 0.6) is 0 Å². The highest BCUT2D eigenvalue weighted by atomic mass is 35.5. The molecule has 0 bridgehead atoms. The number of nitrogens with zero attached hydrogens (tertiary/aromatic N) is 2. The number of halogens is 2. The van der Waals surface area contributed by atoms with Crippen LogP contribution in [-0.4, -0.2) is 47.9 Å². The molecule has 1 heterocycles. The number of hydrogen-bond donors (Lipinski definition) is 1. The summed E-state index contributed by atoms with van der Waals surface area (Å²) in [6.45, 7) is 5.32. The molecule has 0 saturated carbocycles. The molecule has 0 spiro atoms. The minimum Gasteiger partial charge on any atom is -0.323 e. The van der Waals surface area contributed by atoms with Crippen molar-refractivity contribution in [2.75, 3.05) is 31.5 Å². The molecule has 0 radical (unpaired) electrons. The minimum atomic E-state index is -0.265. The Morgan fingerprint density at radius 3 is 1.88 bits per heavy atom. The van der Waals surface area contributed by atoms with E-state index in [4.69, 9.17) is 23.2 Å². The quantitative estimate of drug-likeness (QED) is 0.502. The van der Waals surface area contributed by atoms with Crippen molar-refractivity contribution in [1.82, 2.24) is 9.80 Å². The van der Waals surface area contributed by atoms with Crippen molar-refractivity contribution in [3.63, 3.8) is 0 Å². The Balaban J connectivity index is 1.43. The number of hydrogen-bond acceptors (Lipinski definition) is 3. The molecule has 1 fully saturated rings. The largest absolute Gasteiger partial charge is 0.323 e. The van der Waals surface area contributed by atoms with Crippen LogP contribution in [0, 0.1) is 0 Å². The SMILES string of the molecule is CC(C(=O)Nc1cccc(Cl)c1Cl)N1CCN(C(c2ccccc2)c2ccccc2)CC1. The van der Waals surface area contributed by atoms with E-state index in [-0.39, 0.29) is 18.0 Å². The maximum Gasteiger partial charge on any atom is 0.241 e. The molecule has 4 rings (SSSR count). The van der Waals surface area contributed by atoms with E-state index in [1.165, 1.54) is 11.1 Å². The van der Waals surface area contributed by atoms with Gasteiger partial charge in [-0.2, -0.15) is 0 Å². The Hall–Kier alpha value is -2.37. The van der Waals surface area contributed by atoms with Crippen LogP contribution in [-0.2, 0) is 4.79 Å². The van der Waals surface area contributed by atoms with Crippen molar-refractivity contribution >= 4 is 34.8 Å². The maximum absolute atomic E-state index is 12.9. The van der Waals surface area contributed by atoms with Crippen LogP contribution in [0.2, 0.25) is 10.0 Å². The van der Waals surface area contributed by atoms with Crippen LogP contribution in [0.4, 0.5) is 5.69 Å². The summed E-state index contributed by atoms with van der Waals surface area (Å²) in [7, 11) is 0. The summed E-state index contributed by atoms with van der Waals surface area (Å²) in [6, 6.07) is 26.4. The number of piperazine rings is 1. The summed E-state index contributed by atoms with van der Waals surface area (Å²) < 4.78 is 0. The monoisotopic (exact) mass is 467 g/mol. The van der Waals surface area contributed by atoms with E-state index in [1.54, 1.807) is 18.2 Å². The lowest BCUT2D eigenvalue weighted by atomic mass is 9.96. The second-order valence-electron chi connectivity index (χ2n) is 8.06. The van der Waals surface area contributed by atoms with Crippen LogP contribution in [0.1, 0.15) is 24.1 Å². The fraction of sp³-hybridized carbons (Fsp3) is 0.269. The second-order valence-corrected chi connectivity index (χ2v) is 8.85. The smallest absolute Gasteiger partial charge is 0.241 e. The predicted molar refractivity (Wildman–Crippen MR) is 132 cm³/mol. The van der Waals surface area contributed by atoms with Gasteiger partial charge in [0.1, 0.15) is 0 Å². The molecule has 166 valence electrons. The van der Waals surface area contributed by atoms with E-state index < -0.39 is 0 Å². The number of carbonyl (C=O) groups excluding carboxylic acids is 1. The highest BCUT2D eigenvalue weighted by Crippen LogP contribution is 2.31. The van der Waals surface area contributed by atoms with Crippen molar-refractivity contribution in [1.29, 1.82) is 0 Å². The molecule has 4 nitrogen and oxygen atoms in total. The zero-order valence-corrected chi connectivity index (χ0v) is 19.6. The zero-order chi connectivity index (χ0) is 22.5. The maximum atomic E-state index is 12.9. The van der Waals surface area contributed by atoms with Crippen LogP contribution in [0.15, 0.2) is 78.9 Å². The molecule has 1 aliphatic rings. The van der Waals surface area contributed by atoms with Gasteiger partial charge in [0, 0.05) is 26.2 Å². The third kappa shape index (κ3) is 5.16. The Morgan fingerprint density at radius 2 is 1.31 bits per heavy atom. The van der Waals surface area contributed by atoms with Crippen LogP contribution in [0.3, 0.4) is 0 Å². The van der Waals surface area contributed by atoms with Gasteiger partial charge in [0.05, 0.1) is 27.8 Å². The number of benzene rings is 3. The van der Waals surface area contributed by atoms with Gasteiger partial charge in [-0.3, -0.25) is 14.6 Å². The number of rotatable bonds is 6. The van der Waals surface area contributed by atoms with Gasteiger partial charge in [-0.25, -0.2) is 0 Å². The van der Waals surface area contributed by atoms with Gasteiger partial charge in [0.2, 0.25) is 5.91 Å². The molecule has 0 aliphatic carbocycles. The molecule has 1 N–H and O–H groups in total. The first kappa shape index (κ1) is 22.8. The molecule has 3 aromatic carbocycles. The summed E-state index contributed by atoms with van der Waals surface area (Å²) in [5.74, 6) is -0.0784. The molecule has 1 saturated heterocycles. The molecule has 1 aliphatic heterocycles. The molecule has 3 aromatic rings. The van der Waals surface area contributed by atoms with E-state index in [2.05, 4.69) is 75.8 Å². The van der Waals surface area contributed by atoms with E-state index in [1.807, 2.05) is 6.92 Å². The lowest BCUT2D eigenvalue weighted by Gasteiger charge is -2.41. The van der Waals surface area contributed by atoms with Crippen molar-refractivity contribution in [3.8, 4) is 0 Å². The van der Waals surface area contributed by atoms with Gasteiger partial charge in [-0.1, -0.05) is 89.9 Å². The Kier molecular flexibility index (Phi) is 7.48. The number of nitrogens with one attached hydrogen (secondary N) is 1. The van der Waals surface area contributed by atoms with E-state index in [0.717, 1.165) is 26.2 Å². The Labute approximate surface area is 199 Å². The summed E-state index contributed by atoms with van der Waals surface area (Å²) in [5.41, 5.74) is 3.12. The standard InChI is InChI=1S/C26H27Cl2N3O/c1-19(26(32)29-23-14-8-13-22(27)24(23)28)30-15-17-31(18-16-30)25(20-9-4-2-5-10-20)21-11-6-3-7-12-21/h2-14,19,25H,15-18H2,1H3,(H,29,32). The average Bonchev–Trinajstić information content (AvgIpc) is 2.83.